The number of hydrogen-bond donors (Lipinski definition) is 1. The summed E-state index contributed by atoms with van der Waals surface area (Å²) in [5.41, 5.74) is 4.19. The molecular weight excluding hydrogens is 310 g/mol. The molecular formula is C18H22BrN. The maximum Gasteiger partial charge on any atom is 0.0178 e. The molecule has 1 unspecified atom stereocenters. The average Bonchev–Trinajstić information content (AvgIpc) is 2.42. The van der Waals surface area contributed by atoms with Gasteiger partial charge in [-0.25, -0.2) is 0 Å². The quantitative estimate of drug-likeness (QED) is 0.820. The highest BCUT2D eigenvalue weighted by molar-refractivity contribution is 9.10. The summed E-state index contributed by atoms with van der Waals surface area (Å²) < 4.78 is 1.15. The summed E-state index contributed by atoms with van der Waals surface area (Å²) in [6.45, 7) is 5.37. The third-order valence-corrected chi connectivity index (χ3v) is 4.08. The molecule has 106 valence electrons. The fourth-order valence-electron chi connectivity index (χ4n) is 2.56. The molecule has 0 amide bonds. The summed E-state index contributed by atoms with van der Waals surface area (Å²) in [4.78, 5) is 0. The van der Waals surface area contributed by atoms with Gasteiger partial charge in [-0.05, 0) is 55.1 Å². The van der Waals surface area contributed by atoms with E-state index in [0.29, 0.717) is 6.04 Å². The van der Waals surface area contributed by atoms with Crippen LogP contribution in [0.4, 0.5) is 0 Å². The summed E-state index contributed by atoms with van der Waals surface area (Å²) in [5.74, 6) is 0. The molecule has 2 rings (SSSR count). The van der Waals surface area contributed by atoms with E-state index >= 15 is 0 Å². The molecule has 0 aliphatic carbocycles. The maximum atomic E-state index is 3.61. The van der Waals surface area contributed by atoms with Gasteiger partial charge in [-0.1, -0.05) is 59.3 Å². The molecule has 0 fully saturated rings. The molecule has 2 aromatic carbocycles. The lowest BCUT2D eigenvalue weighted by molar-refractivity contribution is 0.520. The van der Waals surface area contributed by atoms with Gasteiger partial charge in [0.2, 0.25) is 0 Å². The van der Waals surface area contributed by atoms with E-state index in [4.69, 9.17) is 0 Å². The van der Waals surface area contributed by atoms with Crippen molar-refractivity contribution in [3.05, 3.63) is 69.7 Å². The molecule has 0 aliphatic heterocycles. The van der Waals surface area contributed by atoms with Crippen molar-refractivity contribution in [2.75, 3.05) is 6.54 Å². The fourth-order valence-corrected chi connectivity index (χ4v) is 3.00. The molecule has 0 saturated heterocycles. The van der Waals surface area contributed by atoms with E-state index in [1.54, 1.807) is 0 Å². The second-order valence-electron chi connectivity index (χ2n) is 5.22. The van der Waals surface area contributed by atoms with Gasteiger partial charge in [-0.2, -0.15) is 0 Å². The predicted molar refractivity (Wildman–Crippen MR) is 90.2 cm³/mol. The number of hydrogen-bond acceptors (Lipinski definition) is 1. The van der Waals surface area contributed by atoms with Crippen molar-refractivity contribution in [2.45, 2.75) is 32.7 Å². The molecule has 2 aromatic rings. The van der Waals surface area contributed by atoms with Crippen LogP contribution in [0, 0.1) is 6.92 Å². The second-order valence-corrected chi connectivity index (χ2v) is 6.13. The Morgan fingerprint density at radius 2 is 1.85 bits per heavy atom. The summed E-state index contributed by atoms with van der Waals surface area (Å²) in [6, 6.07) is 17.7. The number of halogens is 1. The van der Waals surface area contributed by atoms with E-state index in [2.05, 4.69) is 83.6 Å². The molecule has 20 heavy (non-hydrogen) atoms. The van der Waals surface area contributed by atoms with Crippen LogP contribution in [0.25, 0.3) is 0 Å². The largest absolute Gasteiger partial charge is 0.314 e. The first-order valence-electron chi connectivity index (χ1n) is 7.21. The van der Waals surface area contributed by atoms with E-state index < -0.39 is 0 Å². The first-order chi connectivity index (χ1) is 9.69. The first kappa shape index (κ1) is 15.3. The molecule has 0 bridgehead atoms. The molecule has 0 heterocycles. The van der Waals surface area contributed by atoms with Crippen LogP contribution in [0.2, 0.25) is 0 Å². The Labute approximate surface area is 130 Å². The van der Waals surface area contributed by atoms with Gasteiger partial charge < -0.3 is 5.32 Å². The lowest BCUT2D eigenvalue weighted by Crippen LogP contribution is -2.33. The molecule has 2 heteroatoms. The van der Waals surface area contributed by atoms with E-state index in [1.807, 2.05) is 0 Å². The lowest BCUT2D eigenvalue weighted by Gasteiger charge is -2.19. The minimum atomic E-state index is 0.482. The van der Waals surface area contributed by atoms with Gasteiger partial charge in [0, 0.05) is 10.5 Å². The Hall–Kier alpha value is -1.12. The highest BCUT2D eigenvalue weighted by atomic mass is 79.9. The van der Waals surface area contributed by atoms with Crippen LogP contribution in [-0.4, -0.2) is 12.6 Å². The first-order valence-corrected chi connectivity index (χ1v) is 8.00. The van der Waals surface area contributed by atoms with Crippen LogP contribution in [0.1, 0.15) is 23.6 Å². The number of rotatable bonds is 6. The van der Waals surface area contributed by atoms with Gasteiger partial charge in [-0.15, -0.1) is 0 Å². The van der Waals surface area contributed by atoms with Crippen molar-refractivity contribution in [3.63, 3.8) is 0 Å². The SMILES string of the molecule is CCNC(Cc1cccc(Br)c1)Cc1ccccc1C. The van der Waals surface area contributed by atoms with E-state index in [0.717, 1.165) is 23.9 Å². The van der Waals surface area contributed by atoms with Crippen molar-refractivity contribution < 1.29 is 0 Å². The normalized spacial score (nSPS) is 12.3. The number of aryl methyl sites for hydroxylation is 1. The molecule has 0 aliphatic rings. The molecule has 0 saturated carbocycles. The predicted octanol–water partition coefficient (Wildman–Crippen LogP) is 4.52. The van der Waals surface area contributed by atoms with Crippen molar-refractivity contribution >= 4 is 15.9 Å². The third-order valence-electron chi connectivity index (χ3n) is 3.59. The summed E-state index contributed by atoms with van der Waals surface area (Å²) >= 11 is 3.55. The number of benzene rings is 2. The summed E-state index contributed by atoms with van der Waals surface area (Å²) in [6.07, 6.45) is 2.13. The van der Waals surface area contributed by atoms with Crippen molar-refractivity contribution in [3.8, 4) is 0 Å². The van der Waals surface area contributed by atoms with Crippen molar-refractivity contribution in [1.29, 1.82) is 0 Å². The van der Waals surface area contributed by atoms with Crippen LogP contribution in [0.15, 0.2) is 53.0 Å². The number of likely N-dealkylation sites (N-methyl/N-ethyl adjacent to an activating group) is 1. The zero-order valence-corrected chi connectivity index (χ0v) is 13.8. The van der Waals surface area contributed by atoms with Gasteiger partial charge >= 0.3 is 0 Å². The fraction of sp³-hybridized carbons (Fsp3) is 0.333. The zero-order valence-electron chi connectivity index (χ0n) is 12.2. The van der Waals surface area contributed by atoms with Gasteiger partial charge in [0.15, 0.2) is 0 Å². The van der Waals surface area contributed by atoms with Crippen LogP contribution < -0.4 is 5.32 Å². The molecule has 1 atom stereocenters. The summed E-state index contributed by atoms with van der Waals surface area (Å²) in [5, 5.41) is 3.61. The Morgan fingerprint density at radius 3 is 2.55 bits per heavy atom. The van der Waals surface area contributed by atoms with Gasteiger partial charge in [0.05, 0.1) is 0 Å². The van der Waals surface area contributed by atoms with Crippen LogP contribution in [0.3, 0.4) is 0 Å². The molecule has 0 spiro atoms. The molecule has 0 aromatic heterocycles. The van der Waals surface area contributed by atoms with Crippen LogP contribution >= 0.6 is 15.9 Å². The molecule has 1 N–H and O–H groups in total. The second kappa shape index (κ2) is 7.61. The number of nitrogens with one attached hydrogen (secondary N) is 1. The van der Waals surface area contributed by atoms with Gasteiger partial charge in [0.1, 0.15) is 0 Å². The third kappa shape index (κ3) is 4.46. The van der Waals surface area contributed by atoms with Crippen molar-refractivity contribution in [2.24, 2.45) is 0 Å². The highest BCUT2D eigenvalue weighted by Gasteiger charge is 2.11. The average molecular weight is 332 g/mol. The smallest absolute Gasteiger partial charge is 0.0178 e. The van der Waals surface area contributed by atoms with E-state index in [1.165, 1.54) is 16.7 Å². The Bertz CT molecular complexity index is 551. The van der Waals surface area contributed by atoms with Crippen LogP contribution in [0.5, 0.6) is 0 Å². The molecule has 0 radical (unpaired) electrons. The monoisotopic (exact) mass is 331 g/mol. The van der Waals surface area contributed by atoms with Crippen LogP contribution in [-0.2, 0) is 12.8 Å². The van der Waals surface area contributed by atoms with Crippen molar-refractivity contribution in [1.82, 2.24) is 5.32 Å². The maximum absolute atomic E-state index is 3.61. The highest BCUT2D eigenvalue weighted by Crippen LogP contribution is 2.16. The van der Waals surface area contributed by atoms with E-state index in [-0.39, 0.29) is 0 Å². The molecule has 1 nitrogen and oxygen atoms in total. The van der Waals surface area contributed by atoms with Gasteiger partial charge in [-0.3, -0.25) is 0 Å². The standard InChI is InChI=1S/C18H22BrN/c1-3-20-18(12-15-8-6-10-17(19)11-15)13-16-9-5-4-7-14(16)2/h4-11,18,20H,3,12-13H2,1-2H3. The topological polar surface area (TPSA) is 12.0 Å². The van der Waals surface area contributed by atoms with Gasteiger partial charge in [0.25, 0.3) is 0 Å². The van der Waals surface area contributed by atoms with E-state index in [9.17, 15) is 0 Å². The Balaban J connectivity index is 2.09. The minimum absolute atomic E-state index is 0.482. The lowest BCUT2D eigenvalue weighted by atomic mass is 9.96. The Kier molecular flexibility index (Phi) is 5.81. The zero-order chi connectivity index (χ0) is 14.4. The summed E-state index contributed by atoms with van der Waals surface area (Å²) in [7, 11) is 0. The minimum Gasteiger partial charge on any atom is -0.314 e. The Morgan fingerprint density at radius 1 is 1.05 bits per heavy atom.